The molecular formula is C21H19F3N4O3. The van der Waals surface area contributed by atoms with Gasteiger partial charge < -0.3 is 20.1 Å². The van der Waals surface area contributed by atoms with E-state index in [0.717, 1.165) is 6.54 Å². The first-order chi connectivity index (χ1) is 15.0. The smallest absolute Gasteiger partial charge is 0.387 e. The van der Waals surface area contributed by atoms with Gasteiger partial charge in [0.1, 0.15) is 11.6 Å². The summed E-state index contributed by atoms with van der Waals surface area (Å²) in [7, 11) is 0. The van der Waals surface area contributed by atoms with Crippen molar-refractivity contribution in [2.75, 3.05) is 25.0 Å². The van der Waals surface area contributed by atoms with Gasteiger partial charge in [-0.3, -0.25) is 4.79 Å². The van der Waals surface area contributed by atoms with Crippen LogP contribution in [0.3, 0.4) is 0 Å². The summed E-state index contributed by atoms with van der Waals surface area (Å²) >= 11 is 0. The van der Waals surface area contributed by atoms with Crippen LogP contribution in [0.15, 0.2) is 54.9 Å². The van der Waals surface area contributed by atoms with Gasteiger partial charge in [-0.25, -0.2) is 9.07 Å². The molecule has 1 unspecified atom stereocenters. The lowest BCUT2D eigenvalue weighted by Crippen LogP contribution is -2.33. The van der Waals surface area contributed by atoms with E-state index in [1.165, 1.54) is 47.4 Å². The van der Waals surface area contributed by atoms with Crippen LogP contribution < -0.4 is 15.4 Å². The Labute approximate surface area is 175 Å². The van der Waals surface area contributed by atoms with Crippen molar-refractivity contribution in [2.24, 2.45) is 0 Å². The molecule has 0 aliphatic carbocycles. The van der Waals surface area contributed by atoms with Crippen molar-refractivity contribution in [2.45, 2.75) is 12.7 Å². The van der Waals surface area contributed by atoms with Crippen LogP contribution in [0.4, 0.5) is 18.9 Å². The van der Waals surface area contributed by atoms with Gasteiger partial charge in [0.15, 0.2) is 0 Å². The number of carbonyl (C=O) groups excluding carboxylic acids is 1. The topological polar surface area (TPSA) is 77.4 Å². The van der Waals surface area contributed by atoms with E-state index in [1.54, 1.807) is 12.1 Å². The second-order valence-electron chi connectivity index (χ2n) is 6.81. The number of benzene rings is 2. The zero-order valence-electron chi connectivity index (χ0n) is 16.2. The Kier molecular flexibility index (Phi) is 6.19. The van der Waals surface area contributed by atoms with Crippen molar-refractivity contribution in [1.29, 1.82) is 0 Å². The van der Waals surface area contributed by atoms with E-state index < -0.39 is 18.3 Å². The molecule has 10 heteroatoms. The van der Waals surface area contributed by atoms with Gasteiger partial charge in [-0.05, 0) is 29.8 Å². The minimum absolute atomic E-state index is 0.0256. The molecule has 1 aliphatic rings. The summed E-state index contributed by atoms with van der Waals surface area (Å²) in [5.41, 5.74) is 1.30. The summed E-state index contributed by atoms with van der Waals surface area (Å²) in [4.78, 5) is 12.5. The Morgan fingerprint density at radius 3 is 2.90 bits per heavy atom. The van der Waals surface area contributed by atoms with E-state index in [-0.39, 0.29) is 23.1 Å². The van der Waals surface area contributed by atoms with Crippen molar-refractivity contribution >= 4 is 11.6 Å². The first-order valence-electron chi connectivity index (χ1n) is 9.52. The minimum atomic E-state index is -2.95. The molecule has 31 heavy (non-hydrogen) atoms. The van der Waals surface area contributed by atoms with E-state index in [0.29, 0.717) is 24.4 Å². The summed E-state index contributed by atoms with van der Waals surface area (Å²) in [5, 5.41) is 9.75. The average Bonchev–Trinajstić information content (AvgIpc) is 3.26. The summed E-state index contributed by atoms with van der Waals surface area (Å²) in [6.45, 7) is -1.05. The van der Waals surface area contributed by atoms with Crippen LogP contribution in [-0.2, 0) is 4.74 Å². The van der Waals surface area contributed by atoms with E-state index in [4.69, 9.17) is 4.74 Å². The predicted molar refractivity (Wildman–Crippen MR) is 106 cm³/mol. The summed E-state index contributed by atoms with van der Waals surface area (Å²) in [5.74, 6) is -1.17. The summed E-state index contributed by atoms with van der Waals surface area (Å²) in [6.07, 6.45) is 2.46. The first-order valence-corrected chi connectivity index (χ1v) is 9.52. The van der Waals surface area contributed by atoms with Crippen molar-refractivity contribution in [3.63, 3.8) is 0 Å². The average molecular weight is 432 g/mol. The molecule has 1 amide bonds. The molecule has 1 aliphatic heterocycles. The molecule has 2 aromatic carbocycles. The number of hydrogen-bond donors (Lipinski definition) is 2. The fourth-order valence-electron chi connectivity index (χ4n) is 3.19. The molecule has 0 saturated carbocycles. The molecule has 2 N–H and O–H groups in total. The number of alkyl halides is 2. The standard InChI is InChI=1S/C21H19F3N4O3/c22-17-8-13(19-11-25-6-7-30-19)4-5-18(17)27-20(29)14-10-26-28(12-14)15-2-1-3-16(9-15)31-21(23)24/h1-5,8-10,12,19,21,25H,6-7,11H2,(H,27,29). The number of hydrogen-bond acceptors (Lipinski definition) is 5. The quantitative estimate of drug-likeness (QED) is 0.623. The van der Waals surface area contributed by atoms with E-state index in [2.05, 4.69) is 20.5 Å². The highest BCUT2D eigenvalue weighted by atomic mass is 19.3. The molecular weight excluding hydrogens is 413 g/mol. The number of rotatable bonds is 6. The Morgan fingerprint density at radius 1 is 1.29 bits per heavy atom. The second-order valence-corrected chi connectivity index (χ2v) is 6.81. The Bertz CT molecular complexity index is 1070. The van der Waals surface area contributed by atoms with Crippen molar-refractivity contribution in [3.8, 4) is 11.4 Å². The van der Waals surface area contributed by atoms with Crippen molar-refractivity contribution in [1.82, 2.24) is 15.1 Å². The number of halogens is 3. The number of amides is 1. The van der Waals surface area contributed by atoms with Gasteiger partial charge in [0, 0.05) is 25.4 Å². The second kappa shape index (κ2) is 9.19. The summed E-state index contributed by atoms with van der Waals surface area (Å²) in [6, 6.07) is 10.4. The Balaban J connectivity index is 1.46. The van der Waals surface area contributed by atoms with Crippen LogP contribution in [0.1, 0.15) is 22.0 Å². The lowest BCUT2D eigenvalue weighted by Gasteiger charge is -2.24. The number of carbonyl (C=O) groups is 1. The van der Waals surface area contributed by atoms with Crippen molar-refractivity contribution < 1.29 is 27.4 Å². The monoisotopic (exact) mass is 432 g/mol. The molecule has 2 heterocycles. The van der Waals surface area contributed by atoms with E-state index in [1.807, 2.05) is 0 Å². The van der Waals surface area contributed by atoms with Gasteiger partial charge in [0.05, 0.1) is 35.8 Å². The molecule has 1 aromatic heterocycles. The van der Waals surface area contributed by atoms with Crippen molar-refractivity contribution in [3.05, 3.63) is 71.8 Å². The predicted octanol–water partition coefficient (Wildman–Crippen LogP) is 3.53. The maximum atomic E-state index is 14.5. The van der Waals surface area contributed by atoms with E-state index in [9.17, 15) is 18.0 Å². The molecule has 1 atom stereocenters. The Hall–Kier alpha value is -3.37. The number of nitrogens with zero attached hydrogens (tertiary/aromatic N) is 2. The lowest BCUT2D eigenvalue weighted by molar-refractivity contribution is -0.0498. The Morgan fingerprint density at radius 2 is 2.16 bits per heavy atom. The van der Waals surface area contributed by atoms with Gasteiger partial charge in [0.2, 0.25) is 0 Å². The molecule has 1 saturated heterocycles. The first kappa shape index (κ1) is 20.9. The van der Waals surface area contributed by atoms with Crippen LogP contribution in [0.5, 0.6) is 5.75 Å². The number of morpholine rings is 1. The minimum Gasteiger partial charge on any atom is -0.435 e. The van der Waals surface area contributed by atoms with Gasteiger partial charge in [0.25, 0.3) is 5.91 Å². The highest BCUT2D eigenvalue weighted by Crippen LogP contribution is 2.24. The van der Waals surface area contributed by atoms with Gasteiger partial charge in [-0.15, -0.1) is 0 Å². The largest absolute Gasteiger partial charge is 0.435 e. The normalized spacial score (nSPS) is 16.3. The highest BCUT2D eigenvalue weighted by Gasteiger charge is 2.18. The van der Waals surface area contributed by atoms with Crippen LogP contribution in [0.25, 0.3) is 5.69 Å². The zero-order chi connectivity index (χ0) is 21.8. The van der Waals surface area contributed by atoms with Gasteiger partial charge in [-0.2, -0.15) is 13.9 Å². The highest BCUT2D eigenvalue weighted by molar-refractivity contribution is 6.04. The van der Waals surface area contributed by atoms with Crippen LogP contribution in [0.2, 0.25) is 0 Å². The molecule has 162 valence electrons. The fraction of sp³-hybridized carbons (Fsp3) is 0.238. The molecule has 7 nitrogen and oxygen atoms in total. The van der Waals surface area contributed by atoms with E-state index >= 15 is 0 Å². The number of ether oxygens (including phenoxy) is 2. The molecule has 0 radical (unpaired) electrons. The third-order valence-electron chi connectivity index (χ3n) is 4.69. The SMILES string of the molecule is O=C(Nc1ccc(C2CNCCO2)cc1F)c1cnn(-c2cccc(OC(F)F)c2)c1. The molecule has 3 aromatic rings. The fourth-order valence-corrected chi connectivity index (χ4v) is 3.19. The molecule has 0 bridgehead atoms. The lowest BCUT2D eigenvalue weighted by atomic mass is 10.1. The zero-order valence-corrected chi connectivity index (χ0v) is 16.2. The van der Waals surface area contributed by atoms with Gasteiger partial charge in [-0.1, -0.05) is 12.1 Å². The number of anilines is 1. The summed E-state index contributed by atoms with van der Waals surface area (Å²) < 4.78 is 50.6. The number of nitrogens with one attached hydrogen (secondary N) is 2. The molecule has 1 fully saturated rings. The third-order valence-corrected chi connectivity index (χ3v) is 4.69. The maximum absolute atomic E-state index is 14.5. The molecule has 0 spiro atoms. The third kappa shape index (κ3) is 5.04. The van der Waals surface area contributed by atoms with Gasteiger partial charge >= 0.3 is 6.61 Å². The maximum Gasteiger partial charge on any atom is 0.387 e. The van der Waals surface area contributed by atoms with Crippen LogP contribution >= 0.6 is 0 Å². The molecule has 4 rings (SSSR count). The van der Waals surface area contributed by atoms with Crippen LogP contribution in [0, 0.1) is 5.82 Å². The number of aromatic nitrogens is 2. The van der Waals surface area contributed by atoms with Crippen LogP contribution in [-0.4, -0.2) is 42.0 Å².